The highest BCUT2D eigenvalue weighted by Crippen LogP contribution is 2.17. The van der Waals surface area contributed by atoms with Gasteiger partial charge in [0.2, 0.25) is 0 Å². The third kappa shape index (κ3) is 2.99. The number of aryl methyl sites for hydroxylation is 1. The Kier molecular flexibility index (Phi) is 3.69. The average Bonchev–Trinajstić information content (AvgIpc) is 2.17. The third-order valence-corrected chi connectivity index (χ3v) is 1.92. The molecule has 0 spiro atoms. The molecule has 0 unspecified atom stereocenters. The van der Waals surface area contributed by atoms with E-state index in [0.29, 0.717) is 6.54 Å². The van der Waals surface area contributed by atoms with Gasteiger partial charge in [0, 0.05) is 6.54 Å². The lowest BCUT2D eigenvalue weighted by Crippen LogP contribution is -2.24. The van der Waals surface area contributed by atoms with Gasteiger partial charge in [-0.25, -0.2) is 0 Å². The van der Waals surface area contributed by atoms with Gasteiger partial charge in [0.15, 0.2) is 0 Å². The molecule has 2 N–H and O–H groups in total. The number of hydrogen-bond acceptors (Lipinski definition) is 3. The summed E-state index contributed by atoms with van der Waals surface area (Å²) in [5.41, 5.74) is 1.12. The fourth-order valence-electron chi connectivity index (χ4n) is 1.16. The first-order valence-electron chi connectivity index (χ1n) is 4.60. The minimum absolute atomic E-state index is 0.0375. The summed E-state index contributed by atoms with van der Waals surface area (Å²) in [7, 11) is 0. The maximum atomic E-state index is 11.5. The van der Waals surface area contributed by atoms with E-state index in [2.05, 4.69) is 5.32 Å². The van der Waals surface area contributed by atoms with Gasteiger partial charge in [-0.05, 0) is 24.6 Å². The quantitative estimate of drug-likeness (QED) is 0.730. The predicted octanol–water partition coefficient (Wildman–Crippen LogP) is 1.34. The molecule has 78 valence electrons. The van der Waals surface area contributed by atoms with E-state index in [-0.39, 0.29) is 23.6 Å². The van der Waals surface area contributed by atoms with Crippen LogP contribution in [0, 0.1) is 18.3 Å². The molecule has 0 radical (unpaired) electrons. The number of rotatable bonds is 3. The molecule has 1 aromatic carbocycles. The molecule has 0 fully saturated rings. The molecule has 0 bridgehead atoms. The van der Waals surface area contributed by atoms with E-state index in [1.54, 1.807) is 12.1 Å². The highest BCUT2D eigenvalue weighted by molar-refractivity contribution is 5.96. The van der Waals surface area contributed by atoms with Crippen molar-refractivity contribution in [3.8, 4) is 11.8 Å². The molecule has 0 saturated carbocycles. The fraction of sp³-hybridized carbons (Fsp3) is 0.273. The molecule has 0 aliphatic carbocycles. The van der Waals surface area contributed by atoms with Crippen molar-refractivity contribution in [2.24, 2.45) is 0 Å². The second-order valence-electron chi connectivity index (χ2n) is 3.18. The molecule has 0 saturated heterocycles. The van der Waals surface area contributed by atoms with Crippen molar-refractivity contribution in [2.45, 2.75) is 13.3 Å². The summed E-state index contributed by atoms with van der Waals surface area (Å²) in [5, 5.41) is 20.3. The Balaban J connectivity index is 2.70. The second kappa shape index (κ2) is 5.01. The Labute approximate surface area is 88.2 Å². The molecular weight excluding hydrogens is 192 g/mol. The van der Waals surface area contributed by atoms with Crippen LogP contribution < -0.4 is 5.32 Å². The number of carbonyl (C=O) groups is 1. The maximum absolute atomic E-state index is 11.5. The summed E-state index contributed by atoms with van der Waals surface area (Å²) in [5.74, 6) is -0.396. The van der Waals surface area contributed by atoms with Gasteiger partial charge in [-0.1, -0.05) is 6.07 Å². The van der Waals surface area contributed by atoms with E-state index in [9.17, 15) is 9.90 Å². The lowest BCUT2D eigenvalue weighted by molar-refractivity contribution is 0.0952. The van der Waals surface area contributed by atoms with Crippen LogP contribution in [0.2, 0.25) is 0 Å². The number of nitrogens with zero attached hydrogens (tertiary/aromatic N) is 1. The van der Waals surface area contributed by atoms with Crippen LogP contribution in [-0.4, -0.2) is 17.6 Å². The zero-order valence-electron chi connectivity index (χ0n) is 8.45. The predicted molar refractivity (Wildman–Crippen MR) is 55.4 cm³/mol. The summed E-state index contributed by atoms with van der Waals surface area (Å²) >= 11 is 0. The molecular formula is C11H12N2O2. The van der Waals surface area contributed by atoms with E-state index in [1.807, 2.05) is 13.0 Å². The monoisotopic (exact) mass is 204 g/mol. The Morgan fingerprint density at radius 3 is 2.93 bits per heavy atom. The van der Waals surface area contributed by atoms with Gasteiger partial charge in [-0.2, -0.15) is 5.26 Å². The molecule has 15 heavy (non-hydrogen) atoms. The standard InChI is InChI=1S/C11H12N2O2/c1-8-3-4-9(10(14)7-8)11(15)13-6-2-5-12/h3-4,7,14H,2,6H2,1H3,(H,13,15). The normalized spacial score (nSPS) is 9.33. The van der Waals surface area contributed by atoms with Crippen LogP contribution in [0.4, 0.5) is 0 Å². The lowest BCUT2D eigenvalue weighted by Gasteiger charge is -2.05. The number of nitriles is 1. The van der Waals surface area contributed by atoms with Crippen molar-refractivity contribution in [1.29, 1.82) is 5.26 Å². The number of aromatic hydroxyl groups is 1. The minimum Gasteiger partial charge on any atom is -0.507 e. The van der Waals surface area contributed by atoms with E-state index in [1.165, 1.54) is 6.07 Å². The van der Waals surface area contributed by atoms with Crippen LogP contribution in [0.25, 0.3) is 0 Å². The zero-order valence-corrected chi connectivity index (χ0v) is 8.45. The molecule has 0 atom stereocenters. The first-order valence-corrected chi connectivity index (χ1v) is 4.60. The number of carbonyl (C=O) groups excluding carboxylic acids is 1. The van der Waals surface area contributed by atoms with Crippen LogP contribution in [-0.2, 0) is 0 Å². The van der Waals surface area contributed by atoms with Crippen LogP contribution in [0.1, 0.15) is 22.3 Å². The van der Waals surface area contributed by atoms with Gasteiger partial charge in [0.1, 0.15) is 5.75 Å². The Morgan fingerprint density at radius 2 is 2.33 bits per heavy atom. The van der Waals surface area contributed by atoms with Crippen LogP contribution in [0.3, 0.4) is 0 Å². The molecule has 1 aromatic rings. The molecule has 1 rings (SSSR count). The summed E-state index contributed by atoms with van der Waals surface area (Å²) < 4.78 is 0. The lowest BCUT2D eigenvalue weighted by atomic mass is 10.1. The van der Waals surface area contributed by atoms with Crippen molar-refractivity contribution in [2.75, 3.05) is 6.54 Å². The molecule has 1 amide bonds. The Morgan fingerprint density at radius 1 is 1.60 bits per heavy atom. The van der Waals surface area contributed by atoms with Gasteiger partial charge >= 0.3 is 0 Å². The van der Waals surface area contributed by atoms with Gasteiger partial charge in [0.25, 0.3) is 5.91 Å². The number of benzene rings is 1. The fourth-order valence-corrected chi connectivity index (χ4v) is 1.16. The minimum atomic E-state index is -0.359. The first kappa shape index (κ1) is 11.1. The van der Waals surface area contributed by atoms with Gasteiger partial charge in [-0.3, -0.25) is 4.79 Å². The Hall–Kier alpha value is -2.02. The van der Waals surface area contributed by atoms with Crippen molar-refractivity contribution in [3.05, 3.63) is 29.3 Å². The largest absolute Gasteiger partial charge is 0.507 e. The van der Waals surface area contributed by atoms with Crippen LogP contribution in [0.5, 0.6) is 5.75 Å². The molecule has 4 nitrogen and oxygen atoms in total. The van der Waals surface area contributed by atoms with Gasteiger partial charge in [0.05, 0.1) is 18.1 Å². The maximum Gasteiger partial charge on any atom is 0.255 e. The molecule has 0 aromatic heterocycles. The number of phenolic OH excluding ortho intramolecular Hbond substituents is 1. The third-order valence-electron chi connectivity index (χ3n) is 1.92. The molecule has 0 aliphatic rings. The molecule has 4 heteroatoms. The van der Waals surface area contributed by atoms with Crippen molar-refractivity contribution < 1.29 is 9.90 Å². The highest BCUT2D eigenvalue weighted by Gasteiger charge is 2.09. The van der Waals surface area contributed by atoms with Crippen molar-refractivity contribution in [3.63, 3.8) is 0 Å². The summed E-state index contributed by atoms with van der Waals surface area (Å²) in [6.45, 7) is 2.12. The summed E-state index contributed by atoms with van der Waals surface area (Å²) in [4.78, 5) is 11.5. The van der Waals surface area contributed by atoms with Gasteiger partial charge < -0.3 is 10.4 Å². The van der Waals surface area contributed by atoms with Crippen molar-refractivity contribution in [1.82, 2.24) is 5.32 Å². The summed E-state index contributed by atoms with van der Waals surface area (Å²) in [6, 6.07) is 6.76. The number of amides is 1. The van der Waals surface area contributed by atoms with Crippen molar-refractivity contribution >= 4 is 5.91 Å². The molecule has 0 aliphatic heterocycles. The van der Waals surface area contributed by atoms with E-state index in [4.69, 9.17) is 5.26 Å². The number of hydrogen-bond donors (Lipinski definition) is 2. The number of phenols is 1. The SMILES string of the molecule is Cc1ccc(C(=O)NCCC#N)c(O)c1. The van der Waals surface area contributed by atoms with Crippen LogP contribution in [0.15, 0.2) is 18.2 Å². The second-order valence-corrected chi connectivity index (χ2v) is 3.18. The zero-order chi connectivity index (χ0) is 11.3. The first-order chi connectivity index (χ1) is 7.15. The van der Waals surface area contributed by atoms with Crippen LogP contribution >= 0.6 is 0 Å². The smallest absolute Gasteiger partial charge is 0.255 e. The van der Waals surface area contributed by atoms with E-state index >= 15 is 0 Å². The van der Waals surface area contributed by atoms with E-state index in [0.717, 1.165) is 5.56 Å². The topological polar surface area (TPSA) is 73.1 Å². The van der Waals surface area contributed by atoms with E-state index < -0.39 is 0 Å². The highest BCUT2D eigenvalue weighted by atomic mass is 16.3. The molecule has 0 heterocycles. The Bertz CT molecular complexity index is 408. The average molecular weight is 204 g/mol. The summed E-state index contributed by atoms with van der Waals surface area (Å²) in [6.07, 6.45) is 0.262. The van der Waals surface area contributed by atoms with Gasteiger partial charge in [-0.15, -0.1) is 0 Å². The number of nitrogens with one attached hydrogen (secondary N) is 1.